The van der Waals surface area contributed by atoms with Crippen LogP contribution in [0.1, 0.15) is 15.9 Å². The van der Waals surface area contributed by atoms with E-state index in [9.17, 15) is 4.79 Å². The van der Waals surface area contributed by atoms with Gasteiger partial charge in [-0.3, -0.25) is 4.79 Å². The molecule has 0 atom stereocenters. The molecule has 2 heterocycles. The summed E-state index contributed by atoms with van der Waals surface area (Å²) in [7, 11) is 0. The molecular formula is C14H11BrN2O2. The van der Waals surface area contributed by atoms with E-state index in [1.807, 2.05) is 24.3 Å². The van der Waals surface area contributed by atoms with Gasteiger partial charge < -0.3 is 10.1 Å². The number of nitrogens with one attached hydrogen (secondary N) is 1. The molecule has 0 aliphatic carbocycles. The van der Waals surface area contributed by atoms with Gasteiger partial charge in [0.1, 0.15) is 16.2 Å². The number of carbonyl (C=O) groups excluding carboxylic acids is 1. The smallest absolute Gasteiger partial charge is 0.256 e. The zero-order valence-corrected chi connectivity index (χ0v) is 11.6. The molecule has 1 N–H and O–H groups in total. The molecular weight excluding hydrogens is 308 g/mol. The van der Waals surface area contributed by atoms with Crippen LogP contribution in [0.15, 0.2) is 41.0 Å². The monoisotopic (exact) mass is 318 g/mol. The van der Waals surface area contributed by atoms with Crippen molar-refractivity contribution < 1.29 is 9.53 Å². The lowest BCUT2D eigenvalue weighted by atomic mass is 10.1. The maximum Gasteiger partial charge on any atom is 0.256 e. The number of rotatable bonds is 2. The van der Waals surface area contributed by atoms with Gasteiger partial charge in [0.05, 0.1) is 6.61 Å². The summed E-state index contributed by atoms with van der Waals surface area (Å²) in [5, 5.41) is 2.77. The highest BCUT2D eigenvalue weighted by molar-refractivity contribution is 9.10. The number of amides is 1. The van der Waals surface area contributed by atoms with Crippen LogP contribution >= 0.6 is 15.9 Å². The third kappa shape index (κ3) is 2.61. The Bertz CT molecular complexity index is 643. The van der Waals surface area contributed by atoms with Gasteiger partial charge in [0.2, 0.25) is 0 Å². The van der Waals surface area contributed by atoms with Crippen molar-refractivity contribution in [3.05, 3.63) is 52.1 Å². The predicted octanol–water partition coefficient (Wildman–Crippen LogP) is 3.03. The van der Waals surface area contributed by atoms with Crippen molar-refractivity contribution in [1.82, 2.24) is 4.98 Å². The number of benzene rings is 1. The van der Waals surface area contributed by atoms with Crippen LogP contribution in [0.3, 0.4) is 0 Å². The Balaban J connectivity index is 1.81. The molecule has 0 saturated carbocycles. The number of pyridine rings is 1. The van der Waals surface area contributed by atoms with Gasteiger partial charge in [0.25, 0.3) is 5.91 Å². The topological polar surface area (TPSA) is 51.2 Å². The molecule has 96 valence electrons. The molecule has 0 spiro atoms. The molecule has 0 bridgehead atoms. The van der Waals surface area contributed by atoms with Gasteiger partial charge in [-0.2, -0.15) is 0 Å². The molecule has 2 aromatic rings. The number of nitrogens with zero attached hydrogens (tertiary/aromatic N) is 1. The molecule has 0 radical (unpaired) electrons. The second kappa shape index (κ2) is 5.01. The predicted molar refractivity (Wildman–Crippen MR) is 75.5 cm³/mol. The lowest BCUT2D eigenvalue weighted by molar-refractivity contribution is 0.102. The number of halogens is 1. The molecule has 0 saturated heterocycles. The number of ether oxygens (including phenoxy) is 1. The second-order valence-electron chi connectivity index (χ2n) is 4.22. The molecule has 1 amide bonds. The summed E-state index contributed by atoms with van der Waals surface area (Å²) in [6.07, 6.45) is 0.853. The number of hydrogen-bond acceptors (Lipinski definition) is 3. The first kappa shape index (κ1) is 12.2. The van der Waals surface area contributed by atoms with Gasteiger partial charge in [-0.25, -0.2) is 4.98 Å². The van der Waals surface area contributed by atoms with Crippen LogP contribution in [0.2, 0.25) is 0 Å². The van der Waals surface area contributed by atoms with E-state index in [1.165, 1.54) is 0 Å². The van der Waals surface area contributed by atoms with Crippen LogP contribution in [-0.4, -0.2) is 17.5 Å². The Morgan fingerprint density at radius 3 is 3.05 bits per heavy atom. The molecule has 5 heteroatoms. The summed E-state index contributed by atoms with van der Waals surface area (Å²) >= 11 is 3.27. The van der Waals surface area contributed by atoms with E-state index in [1.54, 1.807) is 12.1 Å². The van der Waals surface area contributed by atoms with E-state index in [2.05, 4.69) is 26.2 Å². The lowest BCUT2D eigenvalue weighted by Crippen LogP contribution is -2.13. The number of hydrogen-bond donors (Lipinski definition) is 1. The largest absolute Gasteiger partial charge is 0.493 e. The van der Waals surface area contributed by atoms with Gasteiger partial charge in [0, 0.05) is 12.0 Å². The van der Waals surface area contributed by atoms with Crippen LogP contribution in [-0.2, 0) is 6.42 Å². The first-order valence-corrected chi connectivity index (χ1v) is 6.71. The molecule has 0 fully saturated rings. The molecule has 1 aromatic carbocycles. The van der Waals surface area contributed by atoms with Crippen molar-refractivity contribution in [3.8, 4) is 5.75 Å². The fraction of sp³-hybridized carbons (Fsp3) is 0.143. The molecule has 1 aromatic heterocycles. The second-order valence-corrected chi connectivity index (χ2v) is 5.03. The third-order valence-electron chi connectivity index (χ3n) is 2.91. The number of fused-ring (bicyclic) bond motifs is 1. The molecule has 19 heavy (non-hydrogen) atoms. The number of aromatic nitrogens is 1. The summed E-state index contributed by atoms with van der Waals surface area (Å²) in [6, 6.07) is 10.9. The minimum absolute atomic E-state index is 0.166. The van der Waals surface area contributed by atoms with Crippen LogP contribution in [0.5, 0.6) is 5.75 Å². The molecule has 4 nitrogen and oxygen atoms in total. The molecule has 0 unspecified atom stereocenters. The summed E-state index contributed by atoms with van der Waals surface area (Å²) in [4.78, 5) is 16.3. The van der Waals surface area contributed by atoms with Crippen molar-refractivity contribution in [3.63, 3.8) is 0 Å². The lowest BCUT2D eigenvalue weighted by Gasteiger charge is -2.06. The van der Waals surface area contributed by atoms with Gasteiger partial charge >= 0.3 is 0 Å². The SMILES string of the molecule is O=C(Nc1cccc(Br)n1)c1ccc2c(c1)CCO2. The van der Waals surface area contributed by atoms with Crippen molar-refractivity contribution in [2.45, 2.75) is 6.42 Å². The fourth-order valence-corrected chi connectivity index (χ4v) is 2.34. The summed E-state index contributed by atoms with van der Waals surface area (Å²) in [5.74, 6) is 1.23. The highest BCUT2D eigenvalue weighted by Crippen LogP contribution is 2.26. The average Bonchev–Trinajstić information content (AvgIpc) is 2.85. The molecule has 1 aliphatic heterocycles. The van der Waals surface area contributed by atoms with E-state index < -0.39 is 0 Å². The Morgan fingerprint density at radius 2 is 2.21 bits per heavy atom. The Labute approximate surface area is 118 Å². The summed E-state index contributed by atoms with van der Waals surface area (Å²) in [5.41, 5.74) is 1.70. The van der Waals surface area contributed by atoms with Crippen LogP contribution in [0.25, 0.3) is 0 Å². The first-order valence-electron chi connectivity index (χ1n) is 5.92. The highest BCUT2D eigenvalue weighted by atomic mass is 79.9. The van der Waals surface area contributed by atoms with Gasteiger partial charge in [-0.15, -0.1) is 0 Å². The average molecular weight is 319 g/mol. The van der Waals surface area contributed by atoms with Crippen molar-refractivity contribution in [2.24, 2.45) is 0 Å². The minimum Gasteiger partial charge on any atom is -0.493 e. The standard InChI is InChI=1S/C14H11BrN2O2/c15-12-2-1-3-13(16-12)17-14(18)10-4-5-11-9(8-10)6-7-19-11/h1-5,8H,6-7H2,(H,16,17,18). The normalized spacial score (nSPS) is 12.7. The van der Waals surface area contributed by atoms with E-state index in [0.717, 1.165) is 17.7 Å². The fourth-order valence-electron chi connectivity index (χ4n) is 1.99. The number of anilines is 1. The third-order valence-corrected chi connectivity index (χ3v) is 3.35. The minimum atomic E-state index is -0.166. The van der Waals surface area contributed by atoms with Crippen molar-refractivity contribution in [1.29, 1.82) is 0 Å². The van der Waals surface area contributed by atoms with Crippen LogP contribution in [0, 0.1) is 0 Å². The van der Waals surface area contributed by atoms with Crippen molar-refractivity contribution >= 4 is 27.7 Å². The Morgan fingerprint density at radius 1 is 1.32 bits per heavy atom. The van der Waals surface area contributed by atoms with Crippen LogP contribution < -0.4 is 10.1 Å². The first-order chi connectivity index (χ1) is 9.22. The van der Waals surface area contributed by atoms with Gasteiger partial charge in [-0.1, -0.05) is 6.07 Å². The quantitative estimate of drug-likeness (QED) is 0.866. The van der Waals surface area contributed by atoms with E-state index in [4.69, 9.17) is 4.74 Å². The summed E-state index contributed by atoms with van der Waals surface area (Å²) in [6.45, 7) is 0.688. The maximum absolute atomic E-state index is 12.1. The van der Waals surface area contributed by atoms with Crippen LogP contribution in [0.4, 0.5) is 5.82 Å². The molecule has 1 aliphatic rings. The molecule has 3 rings (SSSR count). The number of carbonyl (C=O) groups is 1. The Hall–Kier alpha value is -1.88. The van der Waals surface area contributed by atoms with Crippen molar-refractivity contribution in [2.75, 3.05) is 11.9 Å². The van der Waals surface area contributed by atoms with E-state index in [0.29, 0.717) is 22.6 Å². The summed E-state index contributed by atoms with van der Waals surface area (Å²) < 4.78 is 6.10. The van der Waals surface area contributed by atoms with Gasteiger partial charge in [0.15, 0.2) is 0 Å². The maximum atomic E-state index is 12.1. The van der Waals surface area contributed by atoms with E-state index >= 15 is 0 Å². The Kier molecular flexibility index (Phi) is 3.21. The highest BCUT2D eigenvalue weighted by Gasteiger charge is 2.15. The zero-order chi connectivity index (χ0) is 13.2. The van der Waals surface area contributed by atoms with E-state index in [-0.39, 0.29) is 5.91 Å². The zero-order valence-electron chi connectivity index (χ0n) is 10.0. The van der Waals surface area contributed by atoms with Gasteiger partial charge in [-0.05, 0) is 51.8 Å².